The van der Waals surface area contributed by atoms with Gasteiger partial charge in [-0.1, -0.05) is 12.1 Å². The summed E-state index contributed by atoms with van der Waals surface area (Å²) in [6.45, 7) is 0. The molecule has 0 unspecified atom stereocenters. The van der Waals surface area contributed by atoms with Crippen LogP contribution >= 0.6 is 0 Å². The van der Waals surface area contributed by atoms with Crippen molar-refractivity contribution in [3.8, 4) is 5.75 Å². The van der Waals surface area contributed by atoms with E-state index in [1.807, 2.05) is 0 Å². The monoisotopic (exact) mass is 178 g/mol. The van der Waals surface area contributed by atoms with E-state index in [-0.39, 0.29) is 46.3 Å². The fraction of sp³-hybridized carbons (Fsp3) is 0. The minimum atomic E-state index is -1.36. The van der Waals surface area contributed by atoms with Crippen molar-refractivity contribution in [1.29, 1.82) is 0 Å². The summed E-state index contributed by atoms with van der Waals surface area (Å²) < 4.78 is 0. The van der Waals surface area contributed by atoms with E-state index < -0.39 is 5.97 Å². The number of aromatic hydroxyl groups is 1. The summed E-state index contributed by atoms with van der Waals surface area (Å²) in [5, 5.41) is 19.0. The fourth-order valence-corrected chi connectivity index (χ4v) is 0.646. The average Bonchev–Trinajstić information content (AvgIpc) is 1.88. The molecule has 0 atom stereocenters. The Morgan fingerprint density at radius 2 is 1.83 bits per heavy atom. The second-order valence-corrected chi connectivity index (χ2v) is 1.80. The maximum Gasteiger partial charge on any atom is 1.00 e. The summed E-state index contributed by atoms with van der Waals surface area (Å²) in [6, 6.07) is 5.64. The van der Waals surface area contributed by atoms with Gasteiger partial charge in [-0.25, -0.2) is 0 Å². The molecule has 0 saturated carbocycles. The van der Waals surface area contributed by atoms with Crippen LogP contribution in [-0.2, 0) is 0 Å². The van der Waals surface area contributed by atoms with Gasteiger partial charge >= 0.3 is 29.6 Å². The molecular weight excluding hydrogens is 171 g/mol. The zero-order valence-electron chi connectivity index (χ0n) is 6.57. The van der Waals surface area contributed by atoms with Crippen LogP contribution < -0.4 is 34.7 Å². The van der Waals surface area contributed by atoms with E-state index in [0.717, 1.165) is 0 Å². The van der Waals surface area contributed by atoms with Gasteiger partial charge in [0.1, 0.15) is 5.75 Å². The molecule has 1 rings (SSSR count). The molecule has 0 amide bonds. The van der Waals surface area contributed by atoms with Gasteiger partial charge in [-0.05, 0) is 12.1 Å². The number of phenols is 1. The summed E-state index contributed by atoms with van der Waals surface area (Å²) in [6.07, 6.45) is 0. The van der Waals surface area contributed by atoms with Gasteiger partial charge in [0.25, 0.3) is 0 Å². The first-order valence-electron chi connectivity index (χ1n) is 2.71. The molecule has 0 fully saturated rings. The van der Waals surface area contributed by atoms with Crippen molar-refractivity contribution < 1.29 is 50.0 Å². The molecule has 0 bridgehead atoms. The van der Waals surface area contributed by atoms with Gasteiger partial charge in [-0.2, -0.15) is 0 Å². The number of benzene rings is 1. The van der Waals surface area contributed by atoms with Crippen molar-refractivity contribution in [3.63, 3.8) is 0 Å². The SMILES string of the molecule is O.O=C([O-])c1ccccc1O.[Na+]. The van der Waals surface area contributed by atoms with Crippen LogP contribution in [0, 0.1) is 0 Å². The van der Waals surface area contributed by atoms with Gasteiger partial charge < -0.3 is 20.5 Å². The third-order valence-corrected chi connectivity index (χ3v) is 1.12. The molecule has 0 radical (unpaired) electrons. The van der Waals surface area contributed by atoms with Crippen molar-refractivity contribution in [1.82, 2.24) is 0 Å². The van der Waals surface area contributed by atoms with Crippen LogP contribution in [0.4, 0.5) is 0 Å². The van der Waals surface area contributed by atoms with Crippen molar-refractivity contribution in [2.24, 2.45) is 0 Å². The Labute approximate surface area is 91.4 Å². The van der Waals surface area contributed by atoms with Crippen LogP contribution in [0.5, 0.6) is 5.75 Å². The van der Waals surface area contributed by atoms with Crippen LogP contribution in [0.1, 0.15) is 10.4 Å². The van der Waals surface area contributed by atoms with Crippen LogP contribution in [0.25, 0.3) is 0 Å². The van der Waals surface area contributed by atoms with E-state index in [4.69, 9.17) is 5.11 Å². The zero-order valence-corrected chi connectivity index (χ0v) is 8.57. The van der Waals surface area contributed by atoms with E-state index in [1.165, 1.54) is 18.2 Å². The molecule has 0 aromatic heterocycles. The largest absolute Gasteiger partial charge is 1.00 e. The molecule has 0 aliphatic heterocycles. The molecule has 0 heterocycles. The van der Waals surface area contributed by atoms with Gasteiger partial charge in [0.15, 0.2) is 0 Å². The zero-order chi connectivity index (χ0) is 7.56. The number of carboxylic acid groups (broad SMARTS) is 1. The van der Waals surface area contributed by atoms with Gasteiger partial charge in [0, 0.05) is 5.56 Å². The van der Waals surface area contributed by atoms with Crippen molar-refractivity contribution in [3.05, 3.63) is 29.8 Å². The first-order chi connectivity index (χ1) is 4.72. The van der Waals surface area contributed by atoms with Crippen molar-refractivity contribution in [2.45, 2.75) is 0 Å². The Morgan fingerprint density at radius 1 is 1.33 bits per heavy atom. The van der Waals surface area contributed by atoms with Crippen molar-refractivity contribution >= 4 is 5.97 Å². The predicted octanol–water partition coefficient (Wildman–Crippen LogP) is -4.06. The smallest absolute Gasteiger partial charge is 0.545 e. The summed E-state index contributed by atoms with van der Waals surface area (Å²) >= 11 is 0. The third kappa shape index (κ3) is 3.23. The molecule has 12 heavy (non-hydrogen) atoms. The number of para-hydroxylation sites is 1. The molecule has 0 aliphatic rings. The van der Waals surface area contributed by atoms with Crippen molar-refractivity contribution in [2.75, 3.05) is 0 Å². The number of carbonyl (C=O) groups is 1. The molecule has 3 N–H and O–H groups in total. The molecule has 4 nitrogen and oxygen atoms in total. The maximum absolute atomic E-state index is 10.2. The summed E-state index contributed by atoms with van der Waals surface area (Å²) in [5.41, 5.74) is -0.178. The van der Waals surface area contributed by atoms with E-state index in [0.29, 0.717) is 0 Å². The maximum atomic E-state index is 10.2. The topological polar surface area (TPSA) is 91.9 Å². The first kappa shape index (κ1) is 14.0. The molecule has 60 valence electrons. The quantitative estimate of drug-likeness (QED) is 0.443. The Balaban J connectivity index is 0. The van der Waals surface area contributed by atoms with Crippen LogP contribution in [0.2, 0.25) is 0 Å². The minimum Gasteiger partial charge on any atom is -0.545 e. The molecular formula is C7H7NaO4. The number of hydrogen-bond donors (Lipinski definition) is 1. The Bertz CT molecular complexity index is 261. The van der Waals surface area contributed by atoms with E-state index >= 15 is 0 Å². The third-order valence-electron chi connectivity index (χ3n) is 1.12. The van der Waals surface area contributed by atoms with E-state index in [2.05, 4.69) is 0 Å². The second kappa shape index (κ2) is 6.02. The first-order valence-corrected chi connectivity index (χ1v) is 2.71. The average molecular weight is 178 g/mol. The minimum absolute atomic E-state index is 0. The molecule has 0 aliphatic carbocycles. The molecule has 0 spiro atoms. The standard InChI is InChI=1S/C7H6O3.Na.H2O/c8-6-4-2-1-3-5(6)7(9)10;;/h1-4,8H,(H,9,10);;1H2/q;+1;/p-1. The predicted molar refractivity (Wildman–Crippen MR) is 36.1 cm³/mol. The summed E-state index contributed by atoms with van der Waals surface area (Å²) in [5.74, 6) is -1.62. The van der Waals surface area contributed by atoms with Gasteiger partial charge in [0.2, 0.25) is 0 Å². The second-order valence-electron chi connectivity index (χ2n) is 1.80. The van der Waals surface area contributed by atoms with Gasteiger partial charge in [0.05, 0.1) is 5.97 Å². The van der Waals surface area contributed by atoms with Gasteiger partial charge in [-0.15, -0.1) is 0 Å². The number of hydrogen-bond acceptors (Lipinski definition) is 3. The normalized spacial score (nSPS) is 7.67. The molecule has 0 saturated heterocycles. The Hall–Kier alpha value is -0.550. The number of aromatic carboxylic acids is 1. The Morgan fingerprint density at radius 3 is 2.17 bits per heavy atom. The molecule has 5 heteroatoms. The summed E-state index contributed by atoms with van der Waals surface area (Å²) in [4.78, 5) is 10.2. The molecule has 1 aromatic carbocycles. The number of carbonyl (C=O) groups excluding carboxylic acids is 1. The Kier molecular flexibility index (Phi) is 7.02. The fourth-order valence-electron chi connectivity index (χ4n) is 0.646. The summed E-state index contributed by atoms with van der Waals surface area (Å²) in [7, 11) is 0. The number of rotatable bonds is 1. The van der Waals surface area contributed by atoms with Crippen LogP contribution in [0.15, 0.2) is 24.3 Å². The van der Waals surface area contributed by atoms with E-state index in [1.54, 1.807) is 6.07 Å². The van der Waals surface area contributed by atoms with Crippen LogP contribution in [-0.4, -0.2) is 16.6 Å². The molecule has 1 aromatic rings. The van der Waals surface area contributed by atoms with Crippen LogP contribution in [0.3, 0.4) is 0 Å². The van der Waals surface area contributed by atoms with E-state index in [9.17, 15) is 9.90 Å². The van der Waals surface area contributed by atoms with Gasteiger partial charge in [-0.3, -0.25) is 0 Å². The number of carboxylic acids is 1.